The Labute approximate surface area is 92.3 Å². The molecule has 0 aromatic carbocycles. The molecule has 0 saturated heterocycles. The maximum absolute atomic E-state index is 11.7. The Kier molecular flexibility index (Phi) is 6.72. The lowest BCUT2D eigenvalue weighted by Crippen LogP contribution is -2.46. The van der Waals surface area contributed by atoms with Gasteiger partial charge in [-0.15, -0.1) is 0 Å². The Morgan fingerprint density at radius 3 is 2.53 bits per heavy atom. The summed E-state index contributed by atoms with van der Waals surface area (Å²) in [5.41, 5.74) is 0. The molecule has 0 aliphatic heterocycles. The Bertz CT molecular complexity index is 234. The van der Waals surface area contributed by atoms with Crippen LogP contribution in [0.1, 0.15) is 33.6 Å². The van der Waals surface area contributed by atoms with Crippen molar-refractivity contribution in [1.82, 2.24) is 10.2 Å². The minimum absolute atomic E-state index is 0.0777. The van der Waals surface area contributed by atoms with E-state index in [9.17, 15) is 4.79 Å². The highest BCUT2D eigenvalue weighted by molar-refractivity contribution is 5.81. The summed E-state index contributed by atoms with van der Waals surface area (Å²) in [5.74, 6) is 0.0777. The summed E-state index contributed by atoms with van der Waals surface area (Å²) in [6.07, 6.45) is 1.31. The molecule has 0 rings (SSSR count). The zero-order valence-corrected chi connectivity index (χ0v) is 10.1. The smallest absolute Gasteiger partial charge is 0.239 e. The van der Waals surface area contributed by atoms with Gasteiger partial charge in [0.15, 0.2) is 0 Å². The van der Waals surface area contributed by atoms with E-state index < -0.39 is 0 Å². The lowest BCUT2D eigenvalue weighted by Gasteiger charge is -2.24. The van der Waals surface area contributed by atoms with Gasteiger partial charge in [-0.05, 0) is 20.3 Å². The highest BCUT2D eigenvalue weighted by Gasteiger charge is 2.18. The third-order valence-electron chi connectivity index (χ3n) is 2.54. The number of rotatable bonds is 6. The number of carbonyl (C=O) groups is 1. The molecule has 0 aromatic rings. The van der Waals surface area contributed by atoms with Crippen LogP contribution in [0.2, 0.25) is 0 Å². The van der Waals surface area contributed by atoms with Gasteiger partial charge in [-0.2, -0.15) is 5.26 Å². The van der Waals surface area contributed by atoms with E-state index in [1.165, 1.54) is 0 Å². The van der Waals surface area contributed by atoms with Gasteiger partial charge in [-0.1, -0.05) is 6.92 Å². The molecule has 0 aliphatic rings. The molecule has 1 N–H and O–H groups in total. The van der Waals surface area contributed by atoms with Crippen LogP contribution in [0.3, 0.4) is 0 Å². The molecular weight excluding hydrogens is 190 g/mol. The van der Waals surface area contributed by atoms with Crippen molar-refractivity contribution in [2.24, 2.45) is 0 Å². The highest BCUT2D eigenvalue weighted by Crippen LogP contribution is 2.00. The second-order valence-corrected chi connectivity index (χ2v) is 3.71. The lowest BCUT2D eigenvalue weighted by atomic mass is 10.1. The normalized spacial score (nSPS) is 14.1. The highest BCUT2D eigenvalue weighted by atomic mass is 16.2. The maximum atomic E-state index is 11.7. The SMILES string of the molecule is CCC(CC#N)NC(C)C(=O)N(C)CC. The maximum Gasteiger partial charge on any atom is 0.239 e. The van der Waals surface area contributed by atoms with Crippen molar-refractivity contribution < 1.29 is 4.79 Å². The van der Waals surface area contributed by atoms with Crippen LogP contribution in [0.4, 0.5) is 0 Å². The summed E-state index contributed by atoms with van der Waals surface area (Å²) in [6, 6.07) is 2.01. The number of nitriles is 1. The van der Waals surface area contributed by atoms with Crippen LogP contribution in [0, 0.1) is 11.3 Å². The molecule has 0 heterocycles. The van der Waals surface area contributed by atoms with Crippen LogP contribution in [-0.4, -0.2) is 36.5 Å². The van der Waals surface area contributed by atoms with Crippen LogP contribution in [0.25, 0.3) is 0 Å². The van der Waals surface area contributed by atoms with Crippen molar-refractivity contribution in [1.29, 1.82) is 5.26 Å². The molecule has 0 spiro atoms. The zero-order chi connectivity index (χ0) is 11.8. The molecule has 0 aliphatic carbocycles. The summed E-state index contributed by atoms with van der Waals surface area (Å²) in [5, 5.41) is 11.8. The van der Waals surface area contributed by atoms with Gasteiger partial charge in [0, 0.05) is 19.6 Å². The second kappa shape index (κ2) is 7.24. The summed E-state index contributed by atoms with van der Waals surface area (Å²) in [7, 11) is 1.78. The van der Waals surface area contributed by atoms with E-state index in [1.54, 1.807) is 11.9 Å². The molecule has 0 aromatic heterocycles. The molecular formula is C11H21N3O. The van der Waals surface area contributed by atoms with E-state index in [1.807, 2.05) is 20.8 Å². The third-order valence-corrected chi connectivity index (χ3v) is 2.54. The van der Waals surface area contributed by atoms with Gasteiger partial charge in [-0.3, -0.25) is 4.79 Å². The molecule has 2 unspecified atom stereocenters. The van der Waals surface area contributed by atoms with E-state index in [0.29, 0.717) is 13.0 Å². The average molecular weight is 211 g/mol. The molecule has 0 radical (unpaired) electrons. The number of hydrogen-bond acceptors (Lipinski definition) is 3. The molecule has 1 amide bonds. The van der Waals surface area contributed by atoms with Gasteiger partial charge in [0.1, 0.15) is 0 Å². The van der Waals surface area contributed by atoms with Gasteiger partial charge in [0.05, 0.1) is 18.5 Å². The predicted octanol–water partition coefficient (Wildman–Crippen LogP) is 1.14. The largest absolute Gasteiger partial charge is 0.345 e. The van der Waals surface area contributed by atoms with Crippen LogP contribution in [0.15, 0.2) is 0 Å². The van der Waals surface area contributed by atoms with Gasteiger partial charge >= 0.3 is 0 Å². The molecule has 4 heteroatoms. The first-order chi connectivity index (χ1) is 7.06. The molecule has 86 valence electrons. The fraction of sp³-hybridized carbons (Fsp3) is 0.818. The van der Waals surface area contributed by atoms with Gasteiger partial charge < -0.3 is 10.2 Å². The van der Waals surface area contributed by atoms with E-state index in [4.69, 9.17) is 5.26 Å². The average Bonchev–Trinajstić information content (AvgIpc) is 2.26. The number of amides is 1. The van der Waals surface area contributed by atoms with Gasteiger partial charge in [-0.25, -0.2) is 0 Å². The summed E-state index contributed by atoms with van der Waals surface area (Å²) in [6.45, 7) is 6.50. The molecule has 0 bridgehead atoms. The predicted molar refractivity (Wildman–Crippen MR) is 60.2 cm³/mol. The van der Waals surface area contributed by atoms with Gasteiger partial charge in [0.2, 0.25) is 5.91 Å². The molecule has 0 saturated carbocycles. The fourth-order valence-electron chi connectivity index (χ4n) is 1.34. The van der Waals surface area contributed by atoms with E-state index in [-0.39, 0.29) is 18.0 Å². The Hall–Kier alpha value is -1.08. The molecule has 2 atom stereocenters. The zero-order valence-electron chi connectivity index (χ0n) is 10.1. The minimum atomic E-state index is -0.215. The number of nitrogens with zero attached hydrogens (tertiary/aromatic N) is 2. The lowest BCUT2D eigenvalue weighted by molar-refractivity contribution is -0.131. The Morgan fingerprint density at radius 2 is 2.13 bits per heavy atom. The number of nitrogens with one attached hydrogen (secondary N) is 1. The minimum Gasteiger partial charge on any atom is -0.345 e. The van der Waals surface area contributed by atoms with E-state index in [0.717, 1.165) is 6.42 Å². The first-order valence-corrected chi connectivity index (χ1v) is 5.44. The monoisotopic (exact) mass is 211 g/mol. The standard InChI is InChI=1S/C11H21N3O/c1-5-10(7-8-12)13-9(3)11(15)14(4)6-2/h9-10,13H,5-7H2,1-4H3. The van der Waals surface area contributed by atoms with Crippen molar-refractivity contribution in [3.8, 4) is 6.07 Å². The third kappa shape index (κ3) is 4.80. The quantitative estimate of drug-likeness (QED) is 0.716. The number of hydrogen-bond donors (Lipinski definition) is 1. The fourth-order valence-corrected chi connectivity index (χ4v) is 1.34. The van der Waals surface area contributed by atoms with Crippen LogP contribution in [-0.2, 0) is 4.79 Å². The number of carbonyl (C=O) groups excluding carboxylic acids is 1. The topological polar surface area (TPSA) is 56.1 Å². The van der Waals surface area contributed by atoms with E-state index in [2.05, 4.69) is 11.4 Å². The van der Waals surface area contributed by atoms with Crippen LogP contribution >= 0.6 is 0 Å². The number of likely N-dealkylation sites (N-methyl/N-ethyl adjacent to an activating group) is 1. The van der Waals surface area contributed by atoms with Crippen molar-refractivity contribution >= 4 is 5.91 Å². The molecule has 4 nitrogen and oxygen atoms in total. The summed E-state index contributed by atoms with van der Waals surface area (Å²) >= 11 is 0. The summed E-state index contributed by atoms with van der Waals surface area (Å²) < 4.78 is 0. The Morgan fingerprint density at radius 1 is 1.53 bits per heavy atom. The summed E-state index contributed by atoms with van der Waals surface area (Å²) in [4.78, 5) is 13.4. The van der Waals surface area contributed by atoms with Gasteiger partial charge in [0.25, 0.3) is 0 Å². The van der Waals surface area contributed by atoms with Crippen molar-refractivity contribution in [2.75, 3.05) is 13.6 Å². The van der Waals surface area contributed by atoms with Crippen LogP contribution < -0.4 is 5.32 Å². The molecule has 15 heavy (non-hydrogen) atoms. The van der Waals surface area contributed by atoms with Crippen molar-refractivity contribution in [2.45, 2.75) is 45.7 Å². The first kappa shape index (κ1) is 13.9. The van der Waals surface area contributed by atoms with E-state index >= 15 is 0 Å². The van der Waals surface area contributed by atoms with Crippen molar-refractivity contribution in [3.63, 3.8) is 0 Å². The first-order valence-electron chi connectivity index (χ1n) is 5.44. The second-order valence-electron chi connectivity index (χ2n) is 3.71. The molecule has 0 fully saturated rings. The van der Waals surface area contributed by atoms with Crippen molar-refractivity contribution in [3.05, 3.63) is 0 Å². The Balaban J connectivity index is 4.16. The van der Waals surface area contributed by atoms with Crippen LogP contribution in [0.5, 0.6) is 0 Å².